The number of para-hydroxylation sites is 1. The van der Waals surface area contributed by atoms with Crippen LogP contribution in [-0.2, 0) is 6.54 Å². The molecule has 0 aliphatic carbocycles. The molecule has 0 saturated heterocycles. The van der Waals surface area contributed by atoms with Gasteiger partial charge in [-0.1, -0.05) is 28.1 Å². The van der Waals surface area contributed by atoms with E-state index in [2.05, 4.69) is 21.2 Å². The van der Waals surface area contributed by atoms with Crippen molar-refractivity contribution in [3.8, 4) is 11.5 Å². The Morgan fingerprint density at radius 3 is 2.43 bits per heavy atom. The number of nitrogens with one attached hydrogen (secondary N) is 1. The van der Waals surface area contributed by atoms with Gasteiger partial charge in [-0.2, -0.15) is 0 Å². The number of ether oxygens (including phenoxy) is 2. The second kappa shape index (κ2) is 7.13. The highest BCUT2D eigenvalue weighted by Gasteiger charge is 2.11. The Morgan fingerprint density at radius 1 is 1.10 bits per heavy atom. The zero-order valence-corrected chi connectivity index (χ0v) is 13.4. The molecule has 0 bridgehead atoms. The van der Waals surface area contributed by atoms with Gasteiger partial charge < -0.3 is 14.8 Å². The van der Waals surface area contributed by atoms with Crippen molar-refractivity contribution in [2.24, 2.45) is 0 Å². The number of carbonyl (C=O) groups is 1. The van der Waals surface area contributed by atoms with Crippen LogP contribution >= 0.6 is 15.9 Å². The molecule has 2 aromatic rings. The van der Waals surface area contributed by atoms with E-state index in [0.29, 0.717) is 23.6 Å². The molecule has 0 radical (unpaired) electrons. The largest absolute Gasteiger partial charge is 0.493 e. The van der Waals surface area contributed by atoms with Crippen molar-refractivity contribution in [3.05, 3.63) is 58.1 Å². The summed E-state index contributed by atoms with van der Waals surface area (Å²) in [5.41, 5.74) is 1.47. The summed E-state index contributed by atoms with van der Waals surface area (Å²) in [6.45, 7) is 0.370. The van der Waals surface area contributed by atoms with Crippen molar-refractivity contribution in [3.63, 3.8) is 0 Å². The molecule has 0 atom stereocenters. The van der Waals surface area contributed by atoms with Crippen LogP contribution in [0.3, 0.4) is 0 Å². The lowest BCUT2D eigenvalue weighted by atomic mass is 10.1. The third-order valence-corrected chi connectivity index (χ3v) is 3.56. The van der Waals surface area contributed by atoms with Crippen LogP contribution in [0.25, 0.3) is 0 Å². The van der Waals surface area contributed by atoms with Crippen LogP contribution in [0, 0.1) is 0 Å². The predicted molar refractivity (Wildman–Crippen MR) is 84.9 cm³/mol. The molecule has 21 heavy (non-hydrogen) atoms. The number of rotatable bonds is 5. The van der Waals surface area contributed by atoms with Gasteiger partial charge >= 0.3 is 0 Å². The molecule has 1 amide bonds. The van der Waals surface area contributed by atoms with E-state index in [0.717, 1.165) is 10.0 Å². The maximum atomic E-state index is 12.1. The molecule has 0 aliphatic rings. The highest BCUT2D eigenvalue weighted by Crippen LogP contribution is 2.30. The number of hydrogen-bond donors (Lipinski definition) is 1. The third kappa shape index (κ3) is 3.76. The number of methoxy groups -OCH3 is 2. The second-order valence-corrected chi connectivity index (χ2v) is 5.26. The first-order valence-corrected chi connectivity index (χ1v) is 7.18. The number of carbonyl (C=O) groups excluding carboxylic acids is 1. The fourth-order valence-electron chi connectivity index (χ4n) is 1.97. The summed E-state index contributed by atoms with van der Waals surface area (Å²) >= 11 is 3.34. The molecule has 1 N–H and O–H groups in total. The van der Waals surface area contributed by atoms with Gasteiger partial charge in [-0.25, -0.2) is 0 Å². The molecule has 4 nitrogen and oxygen atoms in total. The van der Waals surface area contributed by atoms with Gasteiger partial charge in [0.2, 0.25) is 0 Å². The van der Waals surface area contributed by atoms with Crippen molar-refractivity contribution in [1.82, 2.24) is 5.32 Å². The average molecular weight is 350 g/mol. The summed E-state index contributed by atoms with van der Waals surface area (Å²) in [4.78, 5) is 12.1. The van der Waals surface area contributed by atoms with Crippen LogP contribution in [0.1, 0.15) is 15.9 Å². The Morgan fingerprint density at radius 2 is 1.81 bits per heavy atom. The molecule has 0 saturated carbocycles. The predicted octanol–water partition coefficient (Wildman–Crippen LogP) is 3.40. The van der Waals surface area contributed by atoms with Gasteiger partial charge in [0.15, 0.2) is 11.5 Å². The number of amides is 1. The summed E-state index contributed by atoms with van der Waals surface area (Å²) in [6.07, 6.45) is 0. The van der Waals surface area contributed by atoms with Crippen LogP contribution in [0.15, 0.2) is 46.9 Å². The summed E-state index contributed by atoms with van der Waals surface area (Å²) in [7, 11) is 3.17. The van der Waals surface area contributed by atoms with Crippen molar-refractivity contribution in [1.29, 1.82) is 0 Å². The van der Waals surface area contributed by atoms with E-state index < -0.39 is 0 Å². The van der Waals surface area contributed by atoms with Crippen molar-refractivity contribution in [2.75, 3.05) is 14.2 Å². The Bertz CT molecular complexity index is 626. The number of hydrogen-bond acceptors (Lipinski definition) is 3. The molecular formula is C16H16BrNO3. The lowest BCUT2D eigenvalue weighted by Gasteiger charge is -2.13. The summed E-state index contributed by atoms with van der Waals surface area (Å²) in [5, 5.41) is 2.87. The molecule has 2 rings (SSSR count). The van der Waals surface area contributed by atoms with Crippen molar-refractivity contribution in [2.45, 2.75) is 6.54 Å². The van der Waals surface area contributed by atoms with Gasteiger partial charge in [-0.05, 0) is 30.3 Å². The third-order valence-electron chi connectivity index (χ3n) is 3.03. The normalized spacial score (nSPS) is 10.0. The maximum absolute atomic E-state index is 12.1. The zero-order valence-electron chi connectivity index (χ0n) is 11.9. The summed E-state index contributed by atoms with van der Waals surface area (Å²) in [6, 6.07) is 12.8. The first kappa shape index (κ1) is 15.4. The monoisotopic (exact) mass is 349 g/mol. The highest BCUT2D eigenvalue weighted by atomic mass is 79.9. The lowest BCUT2D eigenvalue weighted by Crippen LogP contribution is -2.23. The van der Waals surface area contributed by atoms with Crippen LogP contribution in [0.2, 0.25) is 0 Å². The molecule has 0 aliphatic heterocycles. The molecule has 110 valence electrons. The molecule has 0 aromatic heterocycles. The highest BCUT2D eigenvalue weighted by molar-refractivity contribution is 9.10. The Hall–Kier alpha value is -2.01. The molecule has 0 fully saturated rings. The number of halogens is 1. The Labute approximate surface area is 132 Å². The molecule has 2 aromatic carbocycles. The maximum Gasteiger partial charge on any atom is 0.251 e. The smallest absolute Gasteiger partial charge is 0.251 e. The Balaban J connectivity index is 2.09. The summed E-state index contributed by atoms with van der Waals surface area (Å²) < 4.78 is 11.5. The second-order valence-electron chi connectivity index (χ2n) is 4.34. The van der Waals surface area contributed by atoms with E-state index in [-0.39, 0.29) is 5.91 Å². The molecule has 0 spiro atoms. The minimum atomic E-state index is -0.132. The first-order chi connectivity index (χ1) is 10.2. The first-order valence-electron chi connectivity index (χ1n) is 6.39. The van der Waals surface area contributed by atoms with E-state index >= 15 is 0 Å². The number of benzene rings is 2. The minimum absolute atomic E-state index is 0.132. The fraction of sp³-hybridized carbons (Fsp3) is 0.188. The van der Waals surface area contributed by atoms with Crippen molar-refractivity contribution < 1.29 is 14.3 Å². The van der Waals surface area contributed by atoms with Crippen molar-refractivity contribution >= 4 is 21.8 Å². The van der Waals surface area contributed by atoms with Crippen LogP contribution in [0.5, 0.6) is 11.5 Å². The minimum Gasteiger partial charge on any atom is -0.493 e. The fourth-order valence-corrected chi connectivity index (χ4v) is 2.24. The van der Waals surface area contributed by atoms with Gasteiger partial charge in [0.1, 0.15) is 0 Å². The lowest BCUT2D eigenvalue weighted by molar-refractivity contribution is 0.0950. The van der Waals surface area contributed by atoms with Gasteiger partial charge in [-0.3, -0.25) is 4.79 Å². The van der Waals surface area contributed by atoms with E-state index in [1.807, 2.05) is 30.3 Å². The molecule has 5 heteroatoms. The van der Waals surface area contributed by atoms with E-state index in [4.69, 9.17) is 9.47 Å². The van der Waals surface area contributed by atoms with E-state index in [9.17, 15) is 4.79 Å². The van der Waals surface area contributed by atoms with Gasteiger partial charge in [0.25, 0.3) is 5.91 Å². The summed E-state index contributed by atoms with van der Waals surface area (Å²) in [5.74, 6) is 1.15. The van der Waals surface area contributed by atoms with Gasteiger partial charge in [0, 0.05) is 22.1 Å². The molecule has 0 unspecified atom stereocenters. The standard InChI is InChI=1S/C16H16BrNO3/c1-20-14-5-3-4-12(15(14)21-2)10-18-16(19)11-6-8-13(17)9-7-11/h3-9H,10H2,1-2H3,(H,18,19). The zero-order chi connectivity index (χ0) is 15.2. The van der Waals surface area contributed by atoms with Crippen LogP contribution in [-0.4, -0.2) is 20.1 Å². The van der Waals surface area contributed by atoms with Gasteiger partial charge in [0.05, 0.1) is 14.2 Å². The Kier molecular flexibility index (Phi) is 5.22. The quantitative estimate of drug-likeness (QED) is 0.899. The van der Waals surface area contributed by atoms with Crippen LogP contribution < -0.4 is 14.8 Å². The molecule has 0 heterocycles. The van der Waals surface area contributed by atoms with E-state index in [1.54, 1.807) is 26.4 Å². The SMILES string of the molecule is COc1cccc(CNC(=O)c2ccc(Br)cc2)c1OC. The average Bonchev–Trinajstić information content (AvgIpc) is 2.52. The topological polar surface area (TPSA) is 47.6 Å². The van der Waals surface area contributed by atoms with Gasteiger partial charge in [-0.15, -0.1) is 0 Å². The van der Waals surface area contributed by atoms with Crippen LogP contribution in [0.4, 0.5) is 0 Å². The van der Waals surface area contributed by atoms with E-state index in [1.165, 1.54) is 0 Å². The molecular weight excluding hydrogens is 334 g/mol.